The first-order valence-corrected chi connectivity index (χ1v) is 8.48. The molecule has 0 bridgehead atoms. The molecule has 0 aliphatic carbocycles. The molecule has 1 aliphatic rings. The summed E-state index contributed by atoms with van der Waals surface area (Å²) in [6.07, 6.45) is 2.63. The van der Waals surface area contributed by atoms with Crippen molar-refractivity contribution >= 4 is 12.0 Å². The molecule has 0 atom stereocenters. The summed E-state index contributed by atoms with van der Waals surface area (Å²) in [4.78, 5) is 14.5. The van der Waals surface area contributed by atoms with E-state index in [-0.39, 0.29) is 5.91 Å². The highest BCUT2D eigenvalue weighted by atomic mass is 16.3. The molecule has 1 fully saturated rings. The lowest BCUT2D eigenvalue weighted by molar-refractivity contribution is -0.125. The van der Waals surface area contributed by atoms with E-state index in [9.17, 15) is 4.79 Å². The molecular weight excluding hydrogens is 310 g/mol. The number of hydrogen-bond acceptors (Lipinski definition) is 2. The van der Waals surface area contributed by atoms with Crippen LogP contribution in [0.5, 0.6) is 0 Å². The summed E-state index contributed by atoms with van der Waals surface area (Å²) in [6, 6.07) is 23.9. The number of nitrogens with zero attached hydrogens (tertiary/aromatic N) is 1. The topological polar surface area (TPSA) is 33.5 Å². The SMILES string of the molecule is O=C1/C(=C\c2ccc(-c3ccccc3)o2)CCN1Cc1ccccc1. The van der Waals surface area contributed by atoms with Gasteiger partial charge in [0.2, 0.25) is 5.91 Å². The van der Waals surface area contributed by atoms with E-state index in [0.717, 1.165) is 41.2 Å². The van der Waals surface area contributed by atoms with E-state index < -0.39 is 0 Å². The van der Waals surface area contributed by atoms with Crippen LogP contribution in [-0.2, 0) is 11.3 Å². The molecule has 25 heavy (non-hydrogen) atoms. The van der Waals surface area contributed by atoms with Crippen LogP contribution in [0, 0.1) is 0 Å². The fraction of sp³-hybridized carbons (Fsp3) is 0.136. The molecular formula is C22H19NO2. The number of likely N-dealkylation sites (tertiary alicyclic amines) is 1. The number of amides is 1. The molecule has 2 aromatic carbocycles. The Morgan fingerprint density at radius 2 is 1.64 bits per heavy atom. The van der Waals surface area contributed by atoms with Crippen molar-refractivity contribution in [3.8, 4) is 11.3 Å². The van der Waals surface area contributed by atoms with Crippen LogP contribution in [0.4, 0.5) is 0 Å². The molecule has 2 heterocycles. The summed E-state index contributed by atoms with van der Waals surface area (Å²) in [5.41, 5.74) is 3.00. The van der Waals surface area contributed by atoms with Gasteiger partial charge < -0.3 is 9.32 Å². The second kappa shape index (κ2) is 6.81. The minimum absolute atomic E-state index is 0.0986. The average Bonchev–Trinajstić information content (AvgIpc) is 3.26. The zero-order valence-electron chi connectivity index (χ0n) is 13.9. The smallest absolute Gasteiger partial charge is 0.250 e. The Morgan fingerprint density at radius 1 is 0.920 bits per heavy atom. The zero-order chi connectivity index (χ0) is 17.1. The predicted molar refractivity (Wildman–Crippen MR) is 98.6 cm³/mol. The van der Waals surface area contributed by atoms with E-state index in [4.69, 9.17) is 4.42 Å². The third-order valence-corrected chi connectivity index (χ3v) is 4.43. The zero-order valence-corrected chi connectivity index (χ0v) is 13.9. The van der Waals surface area contributed by atoms with Gasteiger partial charge in [-0.3, -0.25) is 4.79 Å². The van der Waals surface area contributed by atoms with Crippen LogP contribution in [0.2, 0.25) is 0 Å². The first kappa shape index (κ1) is 15.5. The van der Waals surface area contributed by atoms with Crippen LogP contribution in [0.1, 0.15) is 17.7 Å². The highest BCUT2D eigenvalue weighted by Gasteiger charge is 2.26. The van der Waals surface area contributed by atoms with E-state index in [0.29, 0.717) is 6.54 Å². The Kier molecular flexibility index (Phi) is 4.21. The summed E-state index contributed by atoms with van der Waals surface area (Å²) in [6.45, 7) is 1.41. The molecule has 3 aromatic rings. The quantitative estimate of drug-likeness (QED) is 0.647. The van der Waals surface area contributed by atoms with E-state index in [1.54, 1.807) is 0 Å². The van der Waals surface area contributed by atoms with Crippen LogP contribution in [0.15, 0.2) is 82.8 Å². The fourth-order valence-corrected chi connectivity index (χ4v) is 3.12. The van der Waals surface area contributed by atoms with Crippen molar-refractivity contribution < 1.29 is 9.21 Å². The number of rotatable bonds is 4. The molecule has 0 spiro atoms. The molecule has 1 aliphatic heterocycles. The average molecular weight is 329 g/mol. The normalized spacial score (nSPS) is 15.9. The molecule has 0 radical (unpaired) electrons. The van der Waals surface area contributed by atoms with Gasteiger partial charge in [-0.05, 0) is 30.2 Å². The maximum Gasteiger partial charge on any atom is 0.250 e. The second-order valence-corrected chi connectivity index (χ2v) is 6.20. The standard InChI is InChI=1S/C22H19NO2/c24-22-19(13-14-23(22)16-17-7-3-1-4-8-17)15-20-11-12-21(25-20)18-9-5-2-6-10-18/h1-12,15H,13-14,16H2/b19-15-. The third kappa shape index (κ3) is 3.41. The molecule has 3 nitrogen and oxygen atoms in total. The maximum atomic E-state index is 12.6. The van der Waals surface area contributed by atoms with Gasteiger partial charge in [-0.25, -0.2) is 0 Å². The Hall–Kier alpha value is -3.07. The number of carbonyl (C=O) groups excluding carboxylic acids is 1. The van der Waals surface area contributed by atoms with Crippen LogP contribution in [-0.4, -0.2) is 17.4 Å². The predicted octanol–water partition coefficient (Wildman–Crippen LogP) is 4.76. The van der Waals surface area contributed by atoms with Crippen LogP contribution < -0.4 is 0 Å². The van der Waals surface area contributed by atoms with Gasteiger partial charge in [-0.15, -0.1) is 0 Å². The number of benzene rings is 2. The van der Waals surface area contributed by atoms with Gasteiger partial charge >= 0.3 is 0 Å². The summed E-state index contributed by atoms with van der Waals surface area (Å²) >= 11 is 0. The number of furan rings is 1. The molecule has 3 heteroatoms. The minimum Gasteiger partial charge on any atom is -0.457 e. The Morgan fingerprint density at radius 3 is 2.40 bits per heavy atom. The summed E-state index contributed by atoms with van der Waals surface area (Å²) in [5.74, 6) is 1.64. The fourth-order valence-electron chi connectivity index (χ4n) is 3.12. The lowest BCUT2D eigenvalue weighted by Gasteiger charge is -2.14. The van der Waals surface area contributed by atoms with E-state index >= 15 is 0 Å². The lowest BCUT2D eigenvalue weighted by atomic mass is 10.2. The molecule has 0 unspecified atom stereocenters. The van der Waals surface area contributed by atoms with Gasteiger partial charge in [0.15, 0.2) is 0 Å². The molecule has 124 valence electrons. The molecule has 1 amide bonds. The van der Waals surface area contributed by atoms with Crippen molar-refractivity contribution in [1.82, 2.24) is 4.90 Å². The van der Waals surface area contributed by atoms with Crippen molar-refractivity contribution in [2.24, 2.45) is 0 Å². The molecule has 0 saturated carbocycles. The Labute approximate surface area is 147 Å². The Bertz CT molecular complexity index is 894. The van der Waals surface area contributed by atoms with Crippen molar-refractivity contribution in [3.05, 3.63) is 89.7 Å². The molecule has 0 N–H and O–H groups in total. The largest absolute Gasteiger partial charge is 0.457 e. The highest BCUT2D eigenvalue weighted by Crippen LogP contribution is 2.26. The number of carbonyl (C=O) groups is 1. The lowest BCUT2D eigenvalue weighted by Crippen LogP contribution is -2.24. The third-order valence-electron chi connectivity index (χ3n) is 4.43. The van der Waals surface area contributed by atoms with E-state index in [2.05, 4.69) is 0 Å². The highest BCUT2D eigenvalue weighted by molar-refractivity contribution is 5.99. The van der Waals surface area contributed by atoms with Crippen LogP contribution in [0.25, 0.3) is 17.4 Å². The molecule has 4 rings (SSSR count). The first-order valence-electron chi connectivity index (χ1n) is 8.48. The summed E-state index contributed by atoms with van der Waals surface area (Å²) in [5, 5.41) is 0. The monoisotopic (exact) mass is 329 g/mol. The van der Waals surface area contributed by atoms with Gasteiger partial charge in [0.25, 0.3) is 0 Å². The van der Waals surface area contributed by atoms with Crippen LogP contribution in [0.3, 0.4) is 0 Å². The van der Waals surface area contributed by atoms with Gasteiger partial charge in [-0.1, -0.05) is 60.7 Å². The number of hydrogen-bond donors (Lipinski definition) is 0. The van der Waals surface area contributed by atoms with Gasteiger partial charge in [-0.2, -0.15) is 0 Å². The van der Waals surface area contributed by atoms with E-state index in [1.807, 2.05) is 83.8 Å². The minimum atomic E-state index is 0.0986. The van der Waals surface area contributed by atoms with Gasteiger partial charge in [0, 0.05) is 24.2 Å². The first-order chi connectivity index (χ1) is 12.3. The Balaban J connectivity index is 1.49. The summed E-state index contributed by atoms with van der Waals surface area (Å²) < 4.78 is 5.89. The molecule has 1 aromatic heterocycles. The van der Waals surface area contributed by atoms with Gasteiger partial charge in [0.1, 0.15) is 11.5 Å². The van der Waals surface area contributed by atoms with Crippen molar-refractivity contribution in [3.63, 3.8) is 0 Å². The van der Waals surface area contributed by atoms with Crippen molar-refractivity contribution in [2.45, 2.75) is 13.0 Å². The van der Waals surface area contributed by atoms with Crippen LogP contribution >= 0.6 is 0 Å². The maximum absolute atomic E-state index is 12.6. The van der Waals surface area contributed by atoms with E-state index in [1.165, 1.54) is 0 Å². The molecule has 1 saturated heterocycles. The van der Waals surface area contributed by atoms with Crippen molar-refractivity contribution in [1.29, 1.82) is 0 Å². The van der Waals surface area contributed by atoms with Gasteiger partial charge in [0.05, 0.1) is 0 Å². The summed E-state index contributed by atoms with van der Waals surface area (Å²) in [7, 11) is 0. The second-order valence-electron chi connectivity index (χ2n) is 6.20. The van der Waals surface area contributed by atoms with Crippen molar-refractivity contribution in [2.75, 3.05) is 6.54 Å².